The number of para-hydroxylation sites is 1. The van der Waals surface area contributed by atoms with Crippen molar-refractivity contribution in [3.8, 4) is 22.5 Å². The van der Waals surface area contributed by atoms with Gasteiger partial charge in [0.05, 0.1) is 39.2 Å². The topological polar surface area (TPSA) is 34.6 Å². The lowest BCUT2D eigenvalue weighted by atomic mass is 9.95. The third-order valence-corrected chi connectivity index (χ3v) is 14.2. The van der Waals surface area contributed by atoms with Crippen molar-refractivity contribution >= 4 is 82.4 Å². The van der Waals surface area contributed by atoms with Gasteiger partial charge >= 0.3 is 0 Å². The number of aliphatic imine (C=N–C) groups is 2. The summed E-state index contributed by atoms with van der Waals surface area (Å²) in [6.45, 7) is 0. The molecule has 0 radical (unpaired) electrons. The summed E-state index contributed by atoms with van der Waals surface area (Å²) in [4.78, 5) is 11.0. The molecule has 1 fully saturated rings. The molecule has 0 bridgehead atoms. The van der Waals surface area contributed by atoms with Crippen molar-refractivity contribution in [2.24, 2.45) is 15.9 Å². The smallest absolute Gasteiger partial charge is 0.160 e. The van der Waals surface area contributed by atoms with Crippen LogP contribution in [0.15, 0.2) is 240 Å². The summed E-state index contributed by atoms with van der Waals surface area (Å²) in [5, 5.41) is 9.84. The third-order valence-electron chi connectivity index (χ3n) is 14.2. The zero-order valence-electron chi connectivity index (χ0n) is 36.6. The quantitative estimate of drug-likeness (QED) is 0.160. The van der Waals surface area contributed by atoms with E-state index in [4.69, 9.17) is 9.98 Å². The maximum Gasteiger partial charge on any atom is 0.160 e. The zero-order valence-corrected chi connectivity index (χ0v) is 36.6. The zero-order chi connectivity index (χ0) is 44.0. The van der Waals surface area contributed by atoms with Crippen LogP contribution >= 0.6 is 0 Å². The Kier molecular flexibility index (Phi) is 8.44. The largest absolute Gasteiger partial charge is 0.309 e. The third kappa shape index (κ3) is 6.07. The highest BCUT2D eigenvalue weighted by molar-refractivity contribution is 6.26. The minimum atomic E-state index is 0.401. The van der Waals surface area contributed by atoms with Gasteiger partial charge in [-0.25, -0.2) is 9.98 Å². The predicted octanol–water partition coefficient (Wildman–Crippen LogP) is 15.9. The Morgan fingerprint density at radius 3 is 1.79 bits per heavy atom. The number of allylic oxidation sites excluding steroid dienone is 1. The highest BCUT2D eigenvalue weighted by Gasteiger charge is 2.37. The lowest BCUT2D eigenvalue weighted by Crippen LogP contribution is -2.11. The number of amidine groups is 1. The van der Waals surface area contributed by atoms with Crippen molar-refractivity contribution < 1.29 is 0 Å². The second-order valence-electron chi connectivity index (χ2n) is 18.1. The van der Waals surface area contributed by atoms with Gasteiger partial charge in [0.2, 0.25) is 0 Å². The van der Waals surface area contributed by atoms with E-state index in [1.807, 2.05) is 0 Å². The van der Waals surface area contributed by atoms with Gasteiger partial charge in [-0.05, 0) is 94.1 Å². The van der Waals surface area contributed by atoms with Crippen LogP contribution < -0.4 is 0 Å². The summed E-state index contributed by atoms with van der Waals surface area (Å²) in [7, 11) is 0. The van der Waals surface area contributed by atoms with Gasteiger partial charge in [-0.15, -0.1) is 0 Å². The van der Waals surface area contributed by atoms with Crippen molar-refractivity contribution in [2.75, 3.05) is 0 Å². The van der Waals surface area contributed by atoms with Gasteiger partial charge in [-0.2, -0.15) is 0 Å². The molecule has 0 spiro atoms. The molecule has 67 heavy (non-hydrogen) atoms. The molecule has 0 saturated heterocycles. The summed E-state index contributed by atoms with van der Waals surface area (Å²) in [5.41, 5.74) is 16.3. The molecular weight excluding hydrogens is 813 g/mol. The maximum atomic E-state index is 5.55. The van der Waals surface area contributed by atoms with Gasteiger partial charge in [0.15, 0.2) is 5.84 Å². The molecule has 2 aliphatic rings. The number of fused-ring (bicyclic) bond motifs is 10. The first-order chi connectivity index (χ1) is 33.2. The van der Waals surface area contributed by atoms with E-state index in [1.54, 1.807) is 0 Å². The summed E-state index contributed by atoms with van der Waals surface area (Å²) in [6, 6.07) is 81.6. The summed E-state index contributed by atoms with van der Waals surface area (Å²) in [5.74, 6) is 1.15. The molecule has 2 aromatic heterocycles. The van der Waals surface area contributed by atoms with Gasteiger partial charge in [0.25, 0.3) is 0 Å². The second kappa shape index (κ2) is 15.0. The summed E-state index contributed by atoms with van der Waals surface area (Å²) in [6.07, 6.45) is 1.88. The van der Waals surface area contributed by atoms with Gasteiger partial charge in [-0.3, -0.25) is 0 Å². The molecule has 12 aromatic rings. The molecule has 1 atom stereocenters. The molecular formula is C63H42N4. The van der Waals surface area contributed by atoms with Crippen LogP contribution in [0.25, 0.3) is 93.4 Å². The van der Waals surface area contributed by atoms with Crippen molar-refractivity contribution in [1.82, 2.24) is 9.13 Å². The van der Waals surface area contributed by atoms with Crippen molar-refractivity contribution in [3.63, 3.8) is 0 Å². The minimum absolute atomic E-state index is 0.401. The predicted molar refractivity (Wildman–Crippen MR) is 281 cm³/mol. The molecule has 0 N–H and O–H groups in total. The van der Waals surface area contributed by atoms with E-state index in [0.717, 1.165) is 63.7 Å². The average Bonchev–Trinajstić information content (AvgIpc) is 3.95. The van der Waals surface area contributed by atoms with Crippen LogP contribution in [0.5, 0.6) is 0 Å². The van der Waals surface area contributed by atoms with E-state index >= 15 is 0 Å². The standard InChI is InChI=1S/C63H42N4/c1-5-17-40(18-6-1)44-29-31-51-53-38-54-60(66(46-24-11-4-12-25-46)57-33-30-41-19-13-14-26-47(41)61(54)57)39-59(53)67(58(51)37-44)56-34-32-49(48-27-15-16-28-50(48)56)55-36-45-35-52(45)62(42-20-7-2-8-21-42)65-63(64-55)43-22-9-3-10-23-43/h1-34,37-39,45H,35-36H2/b62-52-,64-55+,65-63-. The van der Waals surface area contributed by atoms with Gasteiger partial charge < -0.3 is 9.13 Å². The lowest BCUT2D eigenvalue weighted by molar-refractivity contribution is 0.926. The number of rotatable bonds is 6. The SMILES string of the molecule is c1ccc(C2=N/C(c3ccccc3)=C3/CC3C/C(c3ccc(-n4c5cc(-c6ccccc6)ccc5c5cc6c7c8ccccc8ccc7n(-c7ccccc7)c6cc54)c4ccccc34)=N\2)cc1. The molecule has 10 aromatic carbocycles. The van der Waals surface area contributed by atoms with E-state index in [9.17, 15) is 0 Å². The van der Waals surface area contributed by atoms with Crippen LogP contribution in [-0.2, 0) is 0 Å². The van der Waals surface area contributed by atoms with Crippen LogP contribution in [-0.4, -0.2) is 20.7 Å². The summed E-state index contributed by atoms with van der Waals surface area (Å²) < 4.78 is 4.98. The fourth-order valence-electron chi connectivity index (χ4n) is 11.0. The first kappa shape index (κ1) is 37.7. The van der Waals surface area contributed by atoms with Crippen LogP contribution in [0.2, 0.25) is 0 Å². The normalized spacial score (nSPS) is 17.6. The molecule has 1 saturated carbocycles. The average molecular weight is 855 g/mol. The molecule has 1 aliphatic carbocycles. The minimum Gasteiger partial charge on any atom is -0.309 e. The Bertz CT molecular complexity index is 4060. The van der Waals surface area contributed by atoms with Gasteiger partial charge in [0, 0.05) is 49.3 Å². The van der Waals surface area contributed by atoms with Gasteiger partial charge in [0.1, 0.15) is 0 Å². The molecule has 1 aliphatic heterocycles. The molecule has 4 nitrogen and oxygen atoms in total. The Balaban J connectivity index is 1.04. The highest BCUT2D eigenvalue weighted by Crippen LogP contribution is 2.49. The second-order valence-corrected chi connectivity index (χ2v) is 18.1. The first-order valence-corrected chi connectivity index (χ1v) is 23.3. The molecule has 0 amide bonds. The van der Waals surface area contributed by atoms with Crippen LogP contribution in [0, 0.1) is 5.92 Å². The fourth-order valence-corrected chi connectivity index (χ4v) is 11.0. The number of hydrogen-bond acceptors (Lipinski definition) is 2. The van der Waals surface area contributed by atoms with E-state index in [0.29, 0.717) is 5.92 Å². The van der Waals surface area contributed by atoms with Crippen LogP contribution in [0.1, 0.15) is 29.5 Å². The van der Waals surface area contributed by atoms with Crippen molar-refractivity contribution in [1.29, 1.82) is 0 Å². The van der Waals surface area contributed by atoms with Crippen LogP contribution in [0.3, 0.4) is 0 Å². The highest BCUT2D eigenvalue weighted by atomic mass is 15.0. The number of nitrogens with zero attached hydrogens (tertiary/aromatic N) is 4. The molecule has 3 heterocycles. The Hall–Kier alpha value is -8.60. The number of aromatic nitrogens is 2. The Morgan fingerprint density at radius 1 is 0.373 bits per heavy atom. The first-order valence-electron chi connectivity index (χ1n) is 23.3. The summed E-state index contributed by atoms with van der Waals surface area (Å²) >= 11 is 0. The number of benzene rings is 10. The molecule has 1 unspecified atom stereocenters. The van der Waals surface area contributed by atoms with Crippen molar-refractivity contribution in [2.45, 2.75) is 12.8 Å². The number of hydrogen-bond donors (Lipinski definition) is 0. The van der Waals surface area contributed by atoms with Gasteiger partial charge in [-0.1, -0.05) is 182 Å². The fraction of sp³-hybridized carbons (Fsp3) is 0.0476. The Morgan fingerprint density at radius 2 is 1.01 bits per heavy atom. The molecule has 314 valence electrons. The van der Waals surface area contributed by atoms with E-state index in [1.165, 1.54) is 76.3 Å². The Labute approximate surface area is 387 Å². The molecule has 14 rings (SSSR count). The van der Waals surface area contributed by atoms with E-state index in [2.05, 4.69) is 234 Å². The lowest BCUT2D eigenvalue weighted by Gasteiger charge is -2.18. The maximum absolute atomic E-state index is 5.55. The van der Waals surface area contributed by atoms with Crippen molar-refractivity contribution in [3.05, 3.63) is 247 Å². The molecule has 4 heteroatoms. The van der Waals surface area contributed by atoms with E-state index < -0.39 is 0 Å². The monoisotopic (exact) mass is 854 g/mol. The van der Waals surface area contributed by atoms with E-state index in [-0.39, 0.29) is 0 Å². The van der Waals surface area contributed by atoms with Crippen LogP contribution in [0.4, 0.5) is 0 Å².